The van der Waals surface area contributed by atoms with Crippen molar-refractivity contribution in [2.24, 2.45) is 5.73 Å². The first-order chi connectivity index (χ1) is 9.02. The van der Waals surface area contributed by atoms with Crippen LogP contribution in [-0.2, 0) is 20.4 Å². The van der Waals surface area contributed by atoms with Crippen molar-refractivity contribution in [3.05, 3.63) is 29.8 Å². The molecule has 0 heterocycles. The maximum absolute atomic E-state index is 11.9. The third-order valence-corrected chi connectivity index (χ3v) is 5.03. The SMILES string of the molecule is CC(C)S(=O)(=O)Cc1cccc(NC(=O)C(C)(C)N)c1.Cl. The number of carbonyl (C=O) groups excluding carboxylic acids is 1. The molecule has 0 fully saturated rings. The summed E-state index contributed by atoms with van der Waals surface area (Å²) in [4.78, 5) is 11.8. The van der Waals surface area contributed by atoms with Gasteiger partial charge in [0.05, 0.1) is 16.5 Å². The van der Waals surface area contributed by atoms with E-state index in [9.17, 15) is 13.2 Å². The molecule has 3 N–H and O–H groups in total. The van der Waals surface area contributed by atoms with Crippen LogP contribution in [0.2, 0.25) is 0 Å². The highest BCUT2D eigenvalue weighted by atomic mass is 35.5. The standard InChI is InChI=1S/C14H22N2O3S.ClH/c1-10(2)20(18,19)9-11-6-5-7-12(8-11)16-13(17)14(3,4)15;/h5-8,10H,9,15H2,1-4H3,(H,16,17);1H. The zero-order valence-electron chi connectivity index (χ0n) is 12.7. The van der Waals surface area contributed by atoms with Crippen molar-refractivity contribution in [3.8, 4) is 0 Å². The molecule has 21 heavy (non-hydrogen) atoms. The molecule has 0 aliphatic carbocycles. The molecule has 0 atom stereocenters. The summed E-state index contributed by atoms with van der Waals surface area (Å²) < 4.78 is 23.8. The number of nitrogens with one attached hydrogen (secondary N) is 1. The van der Waals surface area contributed by atoms with Crippen molar-refractivity contribution in [1.29, 1.82) is 0 Å². The van der Waals surface area contributed by atoms with E-state index in [1.54, 1.807) is 52.0 Å². The molecule has 0 bridgehead atoms. The van der Waals surface area contributed by atoms with E-state index >= 15 is 0 Å². The Morgan fingerprint density at radius 1 is 1.33 bits per heavy atom. The molecule has 1 aromatic carbocycles. The lowest BCUT2D eigenvalue weighted by molar-refractivity contribution is -0.120. The molecule has 0 unspecified atom stereocenters. The molecule has 1 amide bonds. The number of anilines is 1. The van der Waals surface area contributed by atoms with E-state index in [-0.39, 0.29) is 24.1 Å². The van der Waals surface area contributed by atoms with Crippen molar-refractivity contribution in [2.45, 2.75) is 44.2 Å². The lowest BCUT2D eigenvalue weighted by Gasteiger charge is -2.18. The molecule has 0 aromatic heterocycles. The molecule has 1 rings (SSSR count). The second-order valence-electron chi connectivity index (χ2n) is 5.73. The van der Waals surface area contributed by atoms with Gasteiger partial charge in [0.15, 0.2) is 9.84 Å². The predicted molar refractivity (Wildman–Crippen MR) is 88.3 cm³/mol. The summed E-state index contributed by atoms with van der Waals surface area (Å²) in [5, 5.41) is 2.25. The number of nitrogens with two attached hydrogens (primary N) is 1. The van der Waals surface area contributed by atoms with E-state index < -0.39 is 20.6 Å². The summed E-state index contributed by atoms with van der Waals surface area (Å²) in [6.07, 6.45) is 0. The zero-order valence-corrected chi connectivity index (χ0v) is 14.3. The molecule has 120 valence electrons. The first-order valence-electron chi connectivity index (χ1n) is 6.43. The van der Waals surface area contributed by atoms with Gasteiger partial charge in [-0.15, -0.1) is 12.4 Å². The number of halogens is 1. The Bertz CT molecular complexity index is 592. The van der Waals surface area contributed by atoms with Gasteiger partial charge in [0.2, 0.25) is 5.91 Å². The number of carbonyl (C=O) groups is 1. The molecule has 0 aliphatic heterocycles. The number of sulfone groups is 1. The van der Waals surface area contributed by atoms with Crippen LogP contribution < -0.4 is 11.1 Å². The van der Waals surface area contributed by atoms with E-state index in [4.69, 9.17) is 5.73 Å². The Kier molecular flexibility index (Phi) is 6.86. The fourth-order valence-electron chi connectivity index (χ4n) is 1.43. The summed E-state index contributed by atoms with van der Waals surface area (Å²) in [6, 6.07) is 6.80. The molecule has 7 heteroatoms. The predicted octanol–water partition coefficient (Wildman–Crippen LogP) is 2.11. The largest absolute Gasteiger partial charge is 0.325 e. The van der Waals surface area contributed by atoms with Crippen molar-refractivity contribution >= 4 is 33.8 Å². The van der Waals surface area contributed by atoms with E-state index in [1.807, 2.05) is 0 Å². The van der Waals surface area contributed by atoms with E-state index in [2.05, 4.69) is 5.32 Å². The minimum atomic E-state index is -3.16. The highest BCUT2D eigenvalue weighted by Gasteiger charge is 2.22. The van der Waals surface area contributed by atoms with Crippen molar-refractivity contribution in [1.82, 2.24) is 0 Å². The first kappa shape index (κ1) is 19.9. The lowest BCUT2D eigenvalue weighted by Crippen LogP contribution is -2.45. The van der Waals surface area contributed by atoms with Gasteiger partial charge in [-0.25, -0.2) is 8.42 Å². The Balaban J connectivity index is 0.00000400. The fraction of sp³-hybridized carbons (Fsp3) is 0.500. The van der Waals surface area contributed by atoms with Crippen LogP contribution in [0.5, 0.6) is 0 Å². The van der Waals surface area contributed by atoms with E-state index in [0.29, 0.717) is 11.3 Å². The van der Waals surface area contributed by atoms with Crippen LogP contribution in [0.25, 0.3) is 0 Å². The van der Waals surface area contributed by atoms with Crippen LogP contribution in [0, 0.1) is 0 Å². The molecule has 5 nitrogen and oxygen atoms in total. The van der Waals surface area contributed by atoms with Crippen LogP contribution in [0.3, 0.4) is 0 Å². The minimum absolute atomic E-state index is 0. The maximum Gasteiger partial charge on any atom is 0.243 e. The van der Waals surface area contributed by atoms with Gasteiger partial charge in [-0.05, 0) is 45.4 Å². The lowest BCUT2D eigenvalue weighted by atomic mass is 10.1. The highest BCUT2D eigenvalue weighted by molar-refractivity contribution is 7.91. The molecular weight excluding hydrogens is 312 g/mol. The van der Waals surface area contributed by atoms with Gasteiger partial charge < -0.3 is 11.1 Å². The summed E-state index contributed by atoms with van der Waals surface area (Å²) in [5.41, 5.74) is 5.90. The number of benzene rings is 1. The summed E-state index contributed by atoms with van der Waals surface area (Å²) in [5.74, 6) is -0.359. The first-order valence-corrected chi connectivity index (χ1v) is 8.15. The van der Waals surface area contributed by atoms with Crippen LogP contribution in [0.4, 0.5) is 5.69 Å². The van der Waals surface area contributed by atoms with Crippen LogP contribution in [0.15, 0.2) is 24.3 Å². The molecule has 0 aliphatic rings. The minimum Gasteiger partial charge on any atom is -0.325 e. The van der Waals surface area contributed by atoms with Gasteiger partial charge in [0.1, 0.15) is 0 Å². The number of amides is 1. The second kappa shape index (κ2) is 7.24. The molecular formula is C14H23ClN2O3S. The van der Waals surface area contributed by atoms with Crippen LogP contribution >= 0.6 is 12.4 Å². The summed E-state index contributed by atoms with van der Waals surface area (Å²) in [7, 11) is -3.16. The number of hydrogen-bond acceptors (Lipinski definition) is 4. The monoisotopic (exact) mass is 334 g/mol. The Hall–Kier alpha value is -1.11. The average Bonchev–Trinajstić information content (AvgIpc) is 2.27. The summed E-state index contributed by atoms with van der Waals surface area (Å²) in [6.45, 7) is 6.51. The van der Waals surface area contributed by atoms with Crippen molar-refractivity contribution in [2.75, 3.05) is 5.32 Å². The molecule has 0 spiro atoms. The van der Waals surface area contributed by atoms with E-state index in [1.165, 1.54) is 0 Å². The van der Waals surface area contributed by atoms with E-state index in [0.717, 1.165) is 0 Å². The quantitative estimate of drug-likeness (QED) is 0.863. The number of rotatable bonds is 5. The topological polar surface area (TPSA) is 89.3 Å². The highest BCUT2D eigenvalue weighted by Crippen LogP contribution is 2.16. The van der Waals surface area contributed by atoms with Gasteiger partial charge in [0, 0.05) is 5.69 Å². The normalized spacial score (nSPS) is 11.9. The Labute approximate surface area is 132 Å². The fourth-order valence-corrected chi connectivity index (χ4v) is 2.41. The maximum atomic E-state index is 11.9. The van der Waals surface area contributed by atoms with Crippen LogP contribution in [-0.4, -0.2) is 25.1 Å². The molecule has 1 aromatic rings. The number of hydrogen-bond donors (Lipinski definition) is 2. The van der Waals surface area contributed by atoms with Gasteiger partial charge >= 0.3 is 0 Å². The third-order valence-electron chi connectivity index (χ3n) is 2.86. The zero-order chi connectivity index (χ0) is 15.6. The van der Waals surface area contributed by atoms with Crippen molar-refractivity contribution in [3.63, 3.8) is 0 Å². The second-order valence-corrected chi connectivity index (χ2v) is 8.29. The Morgan fingerprint density at radius 2 is 1.90 bits per heavy atom. The third kappa shape index (κ3) is 6.03. The Morgan fingerprint density at radius 3 is 2.38 bits per heavy atom. The molecule has 0 saturated carbocycles. The van der Waals surface area contributed by atoms with Gasteiger partial charge in [-0.2, -0.15) is 0 Å². The van der Waals surface area contributed by atoms with Gasteiger partial charge in [0.25, 0.3) is 0 Å². The van der Waals surface area contributed by atoms with Gasteiger partial charge in [-0.3, -0.25) is 4.79 Å². The van der Waals surface area contributed by atoms with Crippen LogP contribution in [0.1, 0.15) is 33.3 Å². The smallest absolute Gasteiger partial charge is 0.243 e. The van der Waals surface area contributed by atoms with Crippen molar-refractivity contribution < 1.29 is 13.2 Å². The average molecular weight is 335 g/mol. The summed E-state index contributed by atoms with van der Waals surface area (Å²) >= 11 is 0. The molecule has 0 radical (unpaired) electrons. The molecule has 0 saturated heterocycles. The van der Waals surface area contributed by atoms with Gasteiger partial charge in [-0.1, -0.05) is 12.1 Å².